The summed E-state index contributed by atoms with van der Waals surface area (Å²) in [7, 11) is 1.34. The van der Waals surface area contributed by atoms with Crippen LogP contribution in [0.25, 0.3) is 5.57 Å². The first-order chi connectivity index (χ1) is 14.2. The predicted octanol–water partition coefficient (Wildman–Crippen LogP) is 4.26. The van der Waals surface area contributed by atoms with E-state index in [0.29, 0.717) is 11.1 Å². The quantitative estimate of drug-likeness (QED) is 0.821. The van der Waals surface area contributed by atoms with Crippen LogP contribution in [-0.2, 0) is 10.3 Å². The van der Waals surface area contributed by atoms with Crippen molar-refractivity contribution < 1.29 is 18.0 Å². The number of halogens is 3. The Balaban J connectivity index is 1.99. The van der Waals surface area contributed by atoms with Gasteiger partial charge in [0.15, 0.2) is 11.5 Å². The summed E-state index contributed by atoms with van der Waals surface area (Å²) in [4.78, 5) is 18.6. The topological polar surface area (TPSA) is 58.7 Å². The molecule has 0 spiro atoms. The lowest BCUT2D eigenvalue weighted by molar-refractivity contribution is -0.227. The number of likely N-dealkylation sites (N-methyl/N-ethyl adjacent to an activating group) is 1. The number of carbonyl (C=O) groups excluding carboxylic acids is 1. The van der Waals surface area contributed by atoms with Gasteiger partial charge in [0.2, 0.25) is 0 Å². The maximum atomic E-state index is 14.9. The van der Waals surface area contributed by atoms with E-state index < -0.39 is 29.5 Å². The fourth-order valence-corrected chi connectivity index (χ4v) is 4.30. The monoisotopic (exact) mass is 411 g/mol. The third kappa shape index (κ3) is 2.69. The molecule has 2 atom stereocenters. The largest absolute Gasteiger partial charge is 0.401 e. The Morgan fingerprint density at radius 1 is 1.03 bits per heavy atom. The number of nitrogens with zero attached hydrogens (tertiary/aromatic N) is 2. The molecule has 7 heteroatoms. The molecule has 0 saturated carbocycles. The first-order valence-corrected chi connectivity index (χ1v) is 9.42. The summed E-state index contributed by atoms with van der Waals surface area (Å²) >= 11 is 0. The van der Waals surface area contributed by atoms with Gasteiger partial charge in [0.05, 0.1) is 0 Å². The lowest BCUT2D eigenvalue weighted by Gasteiger charge is -2.46. The number of aliphatic imine (C=N–C) groups is 1. The average Bonchev–Trinajstić information content (AvgIpc) is 2.99. The minimum atomic E-state index is -4.78. The smallest absolute Gasteiger partial charge is 0.369 e. The maximum Gasteiger partial charge on any atom is 0.401 e. The van der Waals surface area contributed by atoms with Gasteiger partial charge in [-0.1, -0.05) is 78.9 Å². The summed E-state index contributed by atoms with van der Waals surface area (Å²) in [5, 5.41) is 0. The molecule has 0 bridgehead atoms. The molecular formula is C23H20F3N3O. The lowest BCUT2D eigenvalue weighted by atomic mass is 9.60. The van der Waals surface area contributed by atoms with Gasteiger partial charge in [0.25, 0.3) is 5.91 Å². The molecule has 2 aromatic rings. The van der Waals surface area contributed by atoms with Crippen LogP contribution in [0.2, 0.25) is 0 Å². The summed E-state index contributed by atoms with van der Waals surface area (Å²) in [5.74, 6) is -1.04. The van der Waals surface area contributed by atoms with Crippen LogP contribution in [0.4, 0.5) is 13.2 Å². The van der Waals surface area contributed by atoms with Crippen molar-refractivity contribution in [2.75, 3.05) is 7.05 Å². The van der Waals surface area contributed by atoms with Crippen LogP contribution < -0.4 is 5.73 Å². The van der Waals surface area contributed by atoms with E-state index in [4.69, 9.17) is 5.73 Å². The van der Waals surface area contributed by atoms with E-state index in [0.717, 1.165) is 11.0 Å². The van der Waals surface area contributed by atoms with Gasteiger partial charge < -0.3 is 5.73 Å². The zero-order chi connectivity index (χ0) is 21.6. The molecule has 30 heavy (non-hydrogen) atoms. The molecule has 0 fully saturated rings. The molecule has 2 N–H and O–H groups in total. The second-order valence-corrected chi connectivity index (χ2v) is 7.47. The minimum Gasteiger partial charge on any atom is -0.369 e. The van der Waals surface area contributed by atoms with Gasteiger partial charge in [-0.2, -0.15) is 13.2 Å². The molecule has 4 nitrogen and oxygen atoms in total. The Hall–Kier alpha value is -3.35. The molecule has 2 aromatic carbocycles. The molecule has 0 saturated heterocycles. The predicted molar refractivity (Wildman–Crippen MR) is 109 cm³/mol. The van der Waals surface area contributed by atoms with Gasteiger partial charge in [-0.05, 0) is 23.1 Å². The molecule has 2 unspecified atom stereocenters. The Kier molecular flexibility index (Phi) is 4.56. The highest BCUT2D eigenvalue weighted by atomic mass is 19.4. The van der Waals surface area contributed by atoms with Gasteiger partial charge in [0.1, 0.15) is 5.41 Å². The van der Waals surface area contributed by atoms with Gasteiger partial charge in [0, 0.05) is 7.05 Å². The Labute approximate surface area is 172 Å². The Bertz CT molecular complexity index is 1060. The number of alkyl halides is 3. The van der Waals surface area contributed by atoms with Crippen LogP contribution in [0.5, 0.6) is 0 Å². The van der Waals surface area contributed by atoms with Crippen molar-refractivity contribution >= 4 is 17.4 Å². The first kappa shape index (κ1) is 19.9. The zero-order valence-corrected chi connectivity index (χ0v) is 16.2. The number of carbonyl (C=O) groups is 1. The standard InChI is InChI=1S/C23H20F3N3O/c1-29-19(30)22(28-20(29)27,18-12-6-3-7-13-18)21(23(24,25)26)14-8-11-17(15-21)16-9-4-2-5-10-16/h2-14H,15H2,1H3,(H2,27,28). The van der Waals surface area contributed by atoms with Crippen molar-refractivity contribution in [1.82, 2.24) is 4.90 Å². The normalized spacial score (nSPS) is 26.5. The van der Waals surface area contributed by atoms with Crippen molar-refractivity contribution in [1.29, 1.82) is 0 Å². The summed E-state index contributed by atoms with van der Waals surface area (Å²) in [6.45, 7) is 0. The number of nitrogens with two attached hydrogens (primary N) is 1. The van der Waals surface area contributed by atoms with E-state index in [9.17, 15) is 18.0 Å². The molecule has 0 radical (unpaired) electrons. The first-order valence-electron chi connectivity index (χ1n) is 9.42. The van der Waals surface area contributed by atoms with Crippen LogP contribution in [0.15, 0.2) is 83.9 Å². The van der Waals surface area contributed by atoms with E-state index in [2.05, 4.69) is 4.99 Å². The van der Waals surface area contributed by atoms with Crippen LogP contribution >= 0.6 is 0 Å². The Morgan fingerprint density at radius 2 is 1.63 bits per heavy atom. The third-order valence-corrected chi connectivity index (χ3v) is 5.88. The van der Waals surface area contributed by atoms with E-state index >= 15 is 0 Å². The van der Waals surface area contributed by atoms with E-state index in [-0.39, 0.29) is 11.5 Å². The molecule has 4 rings (SSSR count). The van der Waals surface area contributed by atoms with Gasteiger partial charge in [-0.3, -0.25) is 9.69 Å². The third-order valence-electron chi connectivity index (χ3n) is 5.88. The fraction of sp³-hybridized carbons (Fsp3) is 0.217. The minimum absolute atomic E-state index is 0.151. The summed E-state index contributed by atoms with van der Waals surface area (Å²) in [5.41, 5.74) is 2.31. The van der Waals surface area contributed by atoms with Gasteiger partial charge in [-0.25, -0.2) is 4.99 Å². The maximum absolute atomic E-state index is 14.9. The molecule has 1 aliphatic carbocycles. The summed E-state index contributed by atoms with van der Waals surface area (Å²) in [6, 6.07) is 16.7. The van der Waals surface area contributed by atoms with Crippen LogP contribution in [0, 0.1) is 5.41 Å². The summed E-state index contributed by atoms with van der Waals surface area (Å²) in [6.07, 6.45) is -1.16. The molecule has 2 aliphatic rings. The van der Waals surface area contributed by atoms with Crippen molar-refractivity contribution in [2.24, 2.45) is 16.1 Å². The van der Waals surface area contributed by atoms with Crippen LogP contribution in [-0.4, -0.2) is 30.0 Å². The highest BCUT2D eigenvalue weighted by molar-refractivity contribution is 6.08. The number of hydrogen-bond acceptors (Lipinski definition) is 3. The molecule has 1 heterocycles. The van der Waals surface area contributed by atoms with E-state index in [1.807, 2.05) is 0 Å². The second kappa shape index (κ2) is 6.86. The highest BCUT2D eigenvalue weighted by Gasteiger charge is 2.72. The van der Waals surface area contributed by atoms with Crippen LogP contribution in [0.3, 0.4) is 0 Å². The second-order valence-electron chi connectivity index (χ2n) is 7.47. The van der Waals surface area contributed by atoms with Crippen LogP contribution in [0.1, 0.15) is 17.5 Å². The lowest BCUT2D eigenvalue weighted by Crippen LogP contribution is -2.58. The average molecular weight is 411 g/mol. The number of allylic oxidation sites excluding steroid dienone is 3. The van der Waals surface area contributed by atoms with Gasteiger partial charge in [-0.15, -0.1) is 0 Å². The summed E-state index contributed by atoms with van der Waals surface area (Å²) < 4.78 is 44.8. The molecule has 154 valence electrons. The number of rotatable bonds is 3. The van der Waals surface area contributed by atoms with Gasteiger partial charge >= 0.3 is 6.18 Å². The molecule has 1 amide bonds. The number of hydrogen-bond donors (Lipinski definition) is 1. The fourth-order valence-electron chi connectivity index (χ4n) is 4.30. The van der Waals surface area contributed by atoms with Crippen molar-refractivity contribution in [2.45, 2.75) is 18.1 Å². The Morgan fingerprint density at radius 3 is 2.17 bits per heavy atom. The molecule has 1 aliphatic heterocycles. The number of amides is 1. The van der Waals surface area contributed by atoms with E-state index in [1.54, 1.807) is 54.6 Å². The SMILES string of the molecule is CN1C(=O)C(c2ccccc2)(C2(C(F)(F)F)C=CC=C(c3ccccc3)C2)N=C1N. The van der Waals surface area contributed by atoms with E-state index in [1.165, 1.54) is 25.3 Å². The number of benzene rings is 2. The van der Waals surface area contributed by atoms with Crippen molar-refractivity contribution in [3.8, 4) is 0 Å². The zero-order valence-electron chi connectivity index (χ0n) is 16.2. The number of guanidine groups is 1. The molecule has 0 aromatic heterocycles. The van der Waals surface area contributed by atoms with Crippen molar-refractivity contribution in [3.63, 3.8) is 0 Å². The van der Waals surface area contributed by atoms with Crippen molar-refractivity contribution in [3.05, 3.63) is 90.0 Å². The highest BCUT2D eigenvalue weighted by Crippen LogP contribution is 2.61. The molecular weight excluding hydrogens is 391 g/mol.